The van der Waals surface area contributed by atoms with Crippen molar-refractivity contribution in [3.63, 3.8) is 0 Å². The zero-order valence-corrected chi connectivity index (χ0v) is 14.1. The van der Waals surface area contributed by atoms with Gasteiger partial charge in [-0.2, -0.15) is 5.10 Å². The monoisotopic (exact) mass is 329 g/mol. The minimum absolute atomic E-state index is 0.263. The molecule has 2 aliphatic heterocycles. The molecule has 3 heterocycles. The molecule has 0 N–H and O–H groups in total. The first-order valence-corrected chi connectivity index (χ1v) is 8.36. The van der Waals surface area contributed by atoms with Gasteiger partial charge in [0.15, 0.2) is 11.5 Å². The van der Waals surface area contributed by atoms with Gasteiger partial charge in [-0.05, 0) is 36.1 Å². The summed E-state index contributed by atoms with van der Waals surface area (Å²) in [4.78, 5) is 2.50. The van der Waals surface area contributed by atoms with E-state index >= 15 is 0 Å². The molecule has 1 saturated heterocycles. The van der Waals surface area contributed by atoms with Crippen molar-refractivity contribution >= 4 is 0 Å². The van der Waals surface area contributed by atoms with Crippen LogP contribution in [0.4, 0.5) is 0 Å². The molecule has 1 aromatic heterocycles. The van der Waals surface area contributed by atoms with E-state index in [1.165, 1.54) is 11.1 Å². The van der Waals surface area contributed by atoms with Crippen molar-refractivity contribution < 1.29 is 14.2 Å². The van der Waals surface area contributed by atoms with Crippen LogP contribution in [0.15, 0.2) is 30.6 Å². The Kier molecular flexibility index (Phi) is 4.16. The highest BCUT2D eigenvalue weighted by molar-refractivity contribution is 5.44. The van der Waals surface area contributed by atoms with Gasteiger partial charge in [-0.25, -0.2) is 0 Å². The van der Waals surface area contributed by atoms with Crippen LogP contribution < -0.4 is 9.47 Å². The average molecular weight is 329 g/mol. The largest absolute Gasteiger partial charge is 0.454 e. The zero-order chi connectivity index (χ0) is 16.5. The maximum absolute atomic E-state index is 5.73. The number of fused-ring (bicyclic) bond motifs is 1. The Balaban J connectivity index is 1.50. The van der Waals surface area contributed by atoms with Crippen LogP contribution in [-0.4, -0.2) is 47.3 Å². The van der Waals surface area contributed by atoms with E-state index in [0.29, 0.717) is 12.8 Å². The van der Waals surface area contributed by atoms with Gasteiger partial charge in [0.1, 0.15) is 0 Å². The predicted molar refractivity (Wildman–Crippen MR) is 89.1 cm³/mol. The topological polar surface area (TPSA) is 48.8 Å². The summed E-state index contributed by atoms with van der Waals surface area (Å²) in [5.41, 5.74) is 2.49. The summed E-state index contributed by atoms with van der Waals surface area (Å²) in [6.45, 7) is 2.25. The summed E-state index contributed by atoms with van der Waals surface area (Å²) in [5.74, 6) is 1.68. The molecule has 1 fully saturated rings. The average Bonchev–Trinajstić information content (AvgIpc) is 3.29. The fraction of sp³-hybridized carbons (Fsp3) is 0.500. The Labute approximate surface area is 141 Å². The summed E-state index contributed by atoms with van der Waals surface area (Å²) in [7, 11) is 3.77. The van der Waals surface area contributed by atoms with Crippen molar-refractivity contribution in [2.24, 2.45) is 7.05 Å². The van der Waals surface area contributed by atoms with E-state index in [0.717, 1.165) is 37.4 Å². The number of methoxy groups -OCH3 is 1. The summed E-state index contributed by atoms with van der Waals surface area (Å²) in [6, 6.07) is 6.57. The third-order valence-corrected chi connectivity index (χ3v) is 4.93. The van der Waals surface area contributed by atoms with Gasteiger partial charge >= 0.3 is 0 Å². The molecular weight excluding hydrogens is 306 g/mol. The van der Waals surface area contributed by atoms with E-state index in [2.05, 4.69) is 28.3 Å². The summed E-state index contributed by atoms with van der Waals surface area (Å²) < 4.78 is 18.5. The molecule has 1 aromatic carbocycles. The second-order valence-electron chi connectivity index (χ2n) is 6.51. The highest BCUT2D eigenvalue weighted by atomic mass is 16.7. The van der Waals surface area contributed by atoms with Crippen molar-refractivity contribution in [1.29, 1.82) is 0 Å². The van der Waals surface area contributed by atoms with Gasteiger partial charge in [-0.3, -0.25) is 9.58 Å². The third-order valence-electron chi connectivity index (χ3n) is 4.93. The molecule has 0 spiro atoms. The first kappa shape index (κ1) is 15.5. The molecule has 128 valence electrons. The standard InChI is InChI=1S/C18H23N3O3/c1-20-10-14(9-19-20)7-15-16(22-2)5-6-21(15)11-13-3-4-17-18(8-13)24-12-23-17/h3-4,8-10,15-16H,5-7,11-12H2,1-2H3/t15-,16+/m1/s1. The SMILES string of the molecule is CO[C@H]1CCN(Cc2ccc3c(c2)OCO3)[C@@H]1Cc1cnn(C)c1. The van der Waals surface area contributed by atoms with Crippen LogP contribution in [0.3, 0.4) is 0 Å². The molecule has 2 atom stereocenters. The van der Waals surface area contributed by atoms with E-state index < -0.39 is 0 Å². The van der Waals surface area contributed by atoms with Crippen molar-refractivity contribution in [3.05, 3.63) is 41.7 Å². The molecule has 0 saturated carbocycles. The molecule has 4 rings (SSSR count). The lowest BCUT2D eigenvalue weighted by molar-refractivity contribution is 0.0638. The molecule has 24 heavy (non-hydrogen) atoms. The highest BCUT2D eigenvalue weighted by Crippen LogP contribution is 2.34. The lowest BCUT2D eigenvalue weighted by atomic mass is 10.0. The summed E-state index contributed by atoms with van der Waals surface area (Å²) in [5, 5.41) is 4.28. The number of nitrogens with zero attached hydrogens (tertiary/aromatic N) is 3. The third kappa shape index (κ3) is 2.99. The van der Waals surface area contributed by atoms with E-state index in [4.69, 9.17) is 14.2 Å². The molecule has 0 bridgehead atoms. The Bertz CT molecular complexity index is 715. The van der Waals surface area contributed by atoms with Crippen LogP contribution >= 0.6 is 0 Å². The van der Waals surface area contributed by atoms with Crippen LogP contribution in [-0.2, 0) is 24.8 Å². The Morgan fingerprint density at radius 2 is 2.12 bits per heavy atom. The first-order chi connectivity index (χ1) is 11.7. The number of rotatable bonds is 5. The van der Waals surface area contributed by atoms with Gasteiger partial charge < -0.3 is 14.2 Å². The van der Waals surface area contributed by atoms with E-state index in [1.807, 2.05) is 31.1 Å². The number of likely N-dealkylation sites (tertiary alicyclic amines) is 1. The van der Waals surface area contributed by atoms with Crippen molar-refractivity contribution in [1.82, 2.24) is 14.7 Å². The molecule has 2 aromatic rings. The van der Waals surface area contributed by atoms with E-state index in [1.54, 1.807) is 0 Å². The van der Waals surface area contributed by atoms with Crippen LogP contribution in [0.1, 0.15) is 17.5 Å². The minimum atomic E-state index is 0.263. The van der Waals surface area contributed by atoms with Gasteiger partial charge in [0.25, 0.3) is 0 Å². The number of ether oxygens (including phenoxy) is 3. The van der Waals surface area contributed by atoms with Crippen LogP contribution in [0.2, 0.25) is 0 Å². The van der Waals surface area contributed by atoms with Crippen molar-refractivity contribution in [2.45, 2.75) is 31.5 Å². The van der Waals surface area contributed by atoms with Crippen molar-refractivity contribution in [3.8, 4) is 11.5 Å². The molecule has 6 heteroatoms. The second-order valence-corrected chi connectivity index (χ2v) is 6.51. The number of aromatic nitrogens is 2. The lowest BCUT2D eigenvalue weighted by Gasteiger charge is -2.27. The first-order valence-electron chi connectivity index (χ1n) is 8.36. The zero-order valence-electron chi connectivity index (χ0n) is 14.1. The van der Waals surface area contributed by atoms with Crippen molar-refractivity contribution in [2.75, 3.05) is 20.4 Å². The van der Waals surface area contributed by atoms with Crippen LogP contribution in [0.25, 0.3) is 0 Å². The fourth-order valence-corrected chi connectivity index (χ4v) is 3.71. The molecular formula is C18H23N3O3. The summed E-state index contributed by atoms with van der Waals surface area (Å²) in [6.07, 6.45) is 6.32. The van der Waals surface area contributed by atoms with Gasteiger partial charge in [-0.1, -0.05) is 6.07 Å². The van der Waals surface area contributed by atoms with E-state index in [9.17, 15) is 0 Å². The maximum atomic E-state index is 5.73. The number of hydrogen-bond acceptors (Lipinski definition) is 5. The smallest absolute Gasteiger partial charge is 0.231 e. The Morgan fingerprint density at radius 1 is 1.25 bits per heavy atom. The Hall–Kier alpha value is -2.05. The second kappa shape index (κ2) is 6.45. The molecule has 6 nitrogen and oxygen atoms in total. The Morgan fingerprint density at radius 3 is 2.92 bits per heavy atom. The number of hydrogen-bond donors (Lipinski definition) is 0. The normalized spacial score (nSPS) is 23.1. The van der Waals surface area contributed by atoms with Gasteiger partial charge in [0, 0.05) is 39.5 Å². The van der Waals surface area contributed by atoms with Crippen LogP contribution in [0, 0.1) is 0 Å². The van der Waals surface area contributed by atoms with Gasteiger partial charge in [0.05, 0.1) is 12.3 Å². The van der Waals surface area contributed by atoms with E-state index in [-0.39, 0.29) is 6.10 Å². The molecule has 0 amide bonds. The number of aryl methyl sites for hydroxylation is 1. The predicted octanol–water partition coefficient (Wildman–Crippen LogP) is 1.98. The number of benzene rings is 1. The molecule has 0 radical (unpaired) electrons. The molecule has 0 aliphatic carbocycles. The highest BCUT2D eigenvalue weighted by Gasteiger charge is 2.34. The lowest BCUT2D eigenvalue weighted by Crippen LogP contribution is -2.37. The minimum Gasteiger partial charge on any atom is -0.454 e. The van der Waals surface area contributed by atoms with Crippen LogP contribution in [0.5, 0.6) is 11.5 Å². The van der Waals surface area contributed by atoms with Gasteiger partial charge in [0.2, 0.25) is 6.79 Å². The molecule has 0 unspecified atom stereocenters. The fourth-order valence-electron chi connectivity index (χ4n) is 3.71. The quantitative estimate of drug-likeness (QED) is 0.839. The van der Waals surface area contributed by atoms with Gasteiger partial charge in [-0.15, -0.1) is 0 Å². The summed E-state index contributed by atoms with van der Waals surface area (Å²) >= 11 is 0. The molecule has 2 aliphatic rings. The maximum Gasteiger partial charge on any atom is 0.231 e.